The van der Waals surface area contributed by atoms with Crippen molar-refractivity contribution in [2.45, 2.75) is 11.8 Å². The highest BCUT2D eigenvalue weighted by atomic mass is 32.1. The van der Waals surface area contributed by atoms with Crippen molar-refractivity contribution in [2.75, 3.05) is 0 Å². The molecule has 0 unspecified atom stereocenters. The van der Waals surface area contributed by atoms with E-state index in [1.54, 1.807) is 6.07 Å². The van der Waals surface area contributed by atoms with E-state index in [4.69, 9.17) is 5.73 Å². The van der Waals surface area contributed by atoms with Crippen LogP contribution in [0.4, 0.5) is 0 Å². The molecule has 1 rings (SSSR count). The summed E-state index contributed by atoms with van der Waals surface area (Å²) < 4.78 is 0. The Balaban J connectivity index is 3.23. The smallest absolute Gasteiger partial charge is 0.249 e. The van der Waals surface area contributed by atoms with Crippen molar-refractivity contribution in [3.63, 3.8) is 0 Å². The zero-order valence-electron chi connectivity index (χ0n) is 6.16. The van der Waals surface area contributed by atoms with Crippen LogP contribution in [0.15, 0.2) is 23.1 Å². The summed E-state index contributed by atoms with van der Waals surface area (Å²) in [5, 5.41) is 0. The molecule has 0 fully saturated rings. The van der Waals surface area contributed by atoms with Crippen LogP contribution in [0.5, 0.6) is 0 Å². The van der Waals surface area contributed by atoms with Crippen molar-refractivity contribution in [1.82, 2.24) is 0 Å². The van der Waals surface area contributed by atoms with Gasteiger partial charge in [0.05, 0.1) is 0 Å². The van der Waals surface area contributed by atoms with Crippen LogP contribution in [0.2, 0.25) is 0 Å². The molecule has 58 valence electrons. The van der Waals surface area contributed by atoms with Crippen molar-refractivity contribution in [3.8, 4) is 0 Å². The van der Waals surface area contributed by atoms with E-state index in [2.05, 4.69) is 12.6 Å². The van der Waals surface area contributed by atoms with Crippen LogP contribution in [0.1, 0.15) is 15.9 Å². The van der Waals surface area contributed by atoms with Crippen LogP contribution in [-0.4, -0.2) is 5.91 Å². The predicted molar refractivity (Wildman–Crippen MR) is 46.9 cm³/mol. The molecule has 0 aliphatic rings. The third-order valence-electron chi connectivity index (χ3n) is 1.49. The standard InChI is InChI=1S/C8H9NOS/c1-5-2-3-6(11)4-7(5)8(9)10/h2-4,11H,1H3,(H2,9,10). The lowest BCUT2D eigenvalue weighted by Gasteiger charge is -2.00. The predicted octanol–water partition coefficient (Wildman–Crippen LogP) is 1.38. The summed E-state index contributed by atoms with van der Waals surface area (Å²) in [6, 6.07) is 5.31. The van der Waals surface area contributed by atoms with Gasteiger partial charge in [-0.25, -0.2) is 0 Å². The van der Waals surface area contributed by atoms with E-state index in [0.29, 0.717) is 5.56 Å². The zero-order valence-corrected chi connectivity index (χ0v) is 7.06. The maximum Gasteiger partial charge on any atom is 0.249 e. The van der Waals surface area contributed by atoms with Gasteiger partial charge in [0.1, 0.15) is 0 Å². The van der Waals surface area contributed by atoms with E-state index in [0.717, 1.165) is 10.5 Å². The van der Waals surface area contributed by atoms with Crippen LogP contribution >= 0.6 is 12.6 Å². The van der Waals surface area contributed by atoms with Crippen molar-refractivity contribution >= 4 is 18.5 Å². The molecule has 0 saturated carbocycles. The highest BCUT2D eigenvalue weighted by Crippen LogP contribution is 2.12. The van der Waals surface area contributed by atoms with Crippen LogP contribution in [0.25, 0.3) is 0 Å². The molecule has 0 bridgehead atoms. The molecule has 1 amide bonds. The number of hydrogen-bond donors (Lipinski definition) is 2. The van der Waals surface area contributed by atoms with Gasteiger partial charge in [-0.15, -0.1) is 12.6 Å². The minimum absolute atomic E-state index is 0.404. The lowest BCUT2D eigenvalue weighted by molar-refractivity contribution is 0.0999. The van der Waals surface area contributed by atoms with Crippen LogP contribution < -0.4 is 5.73 Å². The maximum absolute atomic E-state index is 10.8. The van der Waals surface area contributed by atoms with Crippen molar-refractivity contribution in [3.05, 3.63) is 29.3 Å². The Bertz CT molecular complexity index is 296. The fraction of sp³-hybridized carbons (Fsp3) is 0.125. The van der Waals surface area contributed by atoms with Gasteiger partial charge in [-0.2, -0.15) is 0 Å². The van der Waals surface area contributed by atoms with Gasteiger partial charge in [-0.1, -0.05) is 6.07 Å². The fourth-order valence-electron chi connectivity index (χ4n) is 0.875. The Morgan fingerprint density at radius 1 is 1.55 bits per heavy atom. The second-order valence-corrected chi connectivity index (χ2v) is 2.88. The van der Waals surface area contributed by atoms with E-state index in [1.165, 1.54) is 0 Å². The highest BCUT2D eigenvalue weighted by Gasteiger charge is 2.03. The molecule has 0 saturated heterocycles. The second-order valence-electron chi connectivity index (χ2n) is 2.36. The molecule has 0 heterocycles. The number of nitrogens with two attached hydrogens (primary N) is 1. The summed E-state index contributed by atoms with van der Waals surface area (Å²) >= 11 is 4.09. The monoisotopic (exact) mass is 167 g/mol. The maximum atomic E-state index is 10.8. The normalized spacial score (nSPS) is 9.64. The minimum atomic E-state index is -0.404. The molecule has 11 heavy (non-hydrogen) atoms. The van der Waals surface area contributed by atoms with Gasteiger partial charge in [-0.05, 0) is 24.6 Å². The van der Waals surface area contributed by atoms with Gasteiger partial charge in [0.15, 0.2) is 0 Å². The first kappa shape index (κ1) is 8.14. The molecule has 0 aliphatic carbocycles. The topological polar surface area (TPSA) is 43.1 Å². The molecule has 0 aliphatic heterocycles. The summed E-state index contributed by atoms with van der Waals surface area (Å²) in [5.41, 5.74) is 6.53. The van der Waals surface area contributed by atoms with Gasteiger partial charge in [0.25, 0.3) is 0 Å². The molecular formula is C8H9NOS. The van der Waals surface area contributed by atoms with Crippen LogP contribution in [0.3, 0.4) is 0 Å². The molecule has 0 radical (unpaired) electrons. The first-order valence-corrected chi connectivity index (χ1v) is 3.65. The van der Waals surface area contributed by atoms with Gasteiger partial charge < -0.3 is 5.73 Å². The summed E-state index contributed by atoms with van der Waals surface area (Å²) in [6.45, 7) is 1.84. The summed E-state index contributed by atoms with van der Waals surface area (Å²) in [7, 11) is 0. The second kappa shape index (κ2) is 2.96. The quantitative estimate of drug-likeness (QED) is 0.610. The van der Waals surface area contributed by atoms with Gasteiger partial charge in [-0.3, -0.25) is 4.79 Å². The average molecular weight is 167 g/mol. The Labute approximate surface area is 70.8 Å². The number of carbonyl (C=O) groups is 1. The van der Waals surface area contributed by atoms with Crippen LogP contribution in [-0.2, 0) is 0 Å². The van der Waals surface area contributed by atoms with E-state index < -0.39 is 5.91 Å². The molecule has 1 aromatic carbocycles. The van der Waals surface area contributed by atoms with Crippen molar-refractivity contribution < 1.29 is 4.79 Å². The zero-order chi connectivity index (χ0) is 8.43. The van der Waals surface area contributed by atoms with E-state index in [-0.39, 0.29) is 0 Å². The lowest BCUT2D eigenvalue weighted by atomic mass is 10.1. The largest absolute Gasteiger partial charge is 0.366 e. The summed E-state index contributed by atoms with van der Waals surface area (Å²) in [5.74, 6) is -0.404. The number of primary amides is 1. The van der Waals surface area contributed by atoms with E-state index in [9.17, 15) is 4.79 Å². The number of thiol groups is 1. The van der Waals surface area contributed by atoms with Gasteiger partial charge >= 0.3 is 0 Å². The minimum Gasteiger partial charge on any atom is -0.366 e. The van der Waals surface area contributed by atoms with Gasteiger partial charge in [0, 0.05) is 10.5 Å². The first-order chi connectivity index (χ1) is 5.11. The number of carbonyl (C=O) groups excluding carboxylic acids is 1. The molecule has 1 aromatic rings. The summed E-state index contributed by atoms with van der Waals surface area (Å²) in [4.78, 5) is 11.5. The molecule has 3 heteroatoms. The average Bonchev–Trinajstić information content (AvgIpc) is 1.94. The number of amides is 1. The van der Waals surface area contributed by atoms with Crippen molar-refractivity contribution in [2.24, 2.45) is 5.73 Å². The molecule has 0 aromatic heterocycles. The molecule has 2 N–H and O–H groups in total. The van der Waals surface area contributed by atoms with E-state index >= 15 is 0 Å². The number of hydrogen-bond acceptors (Lipinski definition) is 2. The molecule has 2 nitrogen and oxygen atoms in total. The third kappa shape index (κ3) is 1.74. The number of aryl methyl sites for hydroxylation is 1. The number of benzene rings is 1. The van der Waals surface area contributed by atoms with Crippen LogP contribution in [0, 0.1) is 6.92 Å². The summed E-state index contributed by atoms with van der Waals surface area (Å²) in [6.07, 6.45) is 0. The SMILES string of the molecule is Cc1ccc(S)cc1C(N)=O. The first-order valence-electron chi connectivity index (χ1n) is 3.20. The Kier molecular flexibility index (Phi) is 2.19. The van der Waals surface area contributed by atoms with E-state index in [1.807, 2.05) is 19.1 Å². The molecular weight excluding hydrogens is 158 g/mol. The molecule has 0 atom stereocenters. The lowest BCUT2D eigenvalue weighted by Crippen LogP contribution is -2.12. The number of rotatable bonds is 1. The Morgan fingerprint density at radius 2 is 2.18 bits per heavy atom. The Hall–Kier alpha value is -0.960. The van der Waals surface area contributed by atoms with Gasteiger partial charge in [0.2, 0.25) is 5.91 Å². The molecule has 0 spiro atoms. The highest BCUT2D eigenvalue weighted by molar-refractivity contribution is 7.80. The fourth-order valence-corrected chi connectivity index (χ4v) is 1.08. The third-order valence-corrected chi connectivity index (χ3v) is 1.76. The van der Waals surface area contributed by atoms with Crippen molar-refractivity contribution in [1.29, 1.82) is 0 Å². The Morgan fingerprint density at radius 3 is 2.64 bits per heavy atom.